The molecule has 0 saturated carbocycles. The Morgan fingerprint density at radius 2 is 1.44 bits per heavy atom. The molecule has 0 bridgehead atoms. The van der Waals surface area contributed by atoms with Gasteiger partial charge in [0.1, 0.15) is 5.75 Å². The molecule has 3 rings (SSSR count). The van der Waals surface area contributed by atoms with E-state index in [9.17, 15) is 18.0 Å². The van der Waals surface area contributed by atoms with Crippen LogP contribution in [0.4, 0.5) is 11.4 Å². The second kappa shape index (κ2) is 9.63. The first-order chi connectivity index (χ1) is 15.2. The third-order valence-corrected chi connectivity index (χ3v) is 6.46. The van der Waals surface area contributed by atoms with E-state index in [2.05, 4.69) is 10.6 Å². The fraction of sp³-hybridized carbons (Fsp3) is 0.130. The van der Waals surface area contributed by atoms with Gasteiger partial charge < -0.3 is 15.4 Å². The minimum Gasteiger partial charge on any atom is -0.495 e. The van der Waals surface area contributed by atoms with Gasteiger partial charge in [-0.2, -0.15) is 0 Å². The van der Waals surface area contributed by atoms with Crippen molar-refractivity contribution in [2.24, 2.45) is 0 Å². The van der Waals surface area contributed by atoms with Crippen molar-refractivity contribution in [2.75, 3.05) is 31.8 Å². The fourth-order valence-electron chi connectivity index (χ4n) is 2.93. The largest absolute Gasteiger partial charge is 0.495 e. The molecule has 0 aromatic heterocycles. The lowest BCUT2D eigenvalue weighted by atomic mass is 10.1. The van der Waals surface area contributed by atoms with Crippen LogP contribution >= 0.6 is 0 Å². The number of carbonyl (C=O) groups is 2. The summed E-state index contributed by atoms with van der Waals surface area (Å²) in [6.45, 7) is 0. The molecule has 0 aliphatic carbocycles. The average molecular weight is 454 g/mol. The van der Waals surface area contributed by atoms with Crippen LogP contribution < -0.4 is 15.4 Å². The third-order valence-electron chi connectivity index (χ3n) is 4.65. The molecule has 0 saturated heterocycles. The smallest absolute Gasteiger partial charge is 0.257 e. The van der Waals surface area contributed by atoms with E-state index in [0.717, 1.165) is 4.31 Å². The van der Waals surface area contributed by atoms with Crippen LogP contribution in [0.15, 0.2) is 77.7 Å². The Morgan fingerprint density at radius 1 is 0.812 bits per heavy atom. The molecule has 0 unspecified atom stereocenters. The van der Waals surface area contributed by atoms with Crippen LogP contribution in [0.25, 0.3) is 0 Å². The van der Waals surface area contributed by atoms with Gasteiger partial charge in [0.25, 0.3) is 11.8 Å². The predicted molar refractivity (Wildman–Crippen MR) is 123 cm³/mol. The molecule has 32 heavy (non-hydrogen) atoms. The van der Waals surface area contributed by atoms with Gasteiger partial charge in [-0.3, -0.25) is 9.59 Å². The highest BCUT2D eigenvalue weighted by atomic mass is 32.2. The molecule has 0 atom stereocenters. The number of amides is 2. The standard InChI is InChI=1S/C23H23N3O5S/c1-26(2)32(29,30)17-10-8-9-16(15-17)22(27)24-19-12-5-4-11-18(19)23(28)25-20-13-6-7-14-21(20)31-3/h4-15H,1-3H3,(H,24,27)(H,25,28). The molecule has 0 spiro atoms. The van der Waals surface area contributed by atoms with Crippen LogP contribution in [-0.4, -0.2) is 45.7 Å². The SMILES string of the molecule is COc1ccccc1NC(=O)c1ccccc1NC(=O)c1cccc(S(=O)(=O)N(C)C)c1. The number of nitrogens with zero attached hydrogens (tertiary/aromatic N) is 1. The van der Waals surface area contributed by atoms with Gasteiger partial charge in [-0.1, -0.05) is 30.3 Å². The molecule has 2 N–H and O–H groups in total. The lowest BCUT2D eigenvalue weighted by molar-refractivity contribution is 0.102. The molecule has 9 heteroatoms. The topological polar surface area (TPSA) is 105 Å². The first-order valence-corrected chi connectivity index (χ1v) is 11.1. The summed E-state index contributed by atoms with van der Waals surface area (Å²) in [5, 5.41) is 5.46. The maximum Gasteiger partial charge on any atom is 0.257 e. The van der Waals surface area contributed by atoms with Gasteiger partial charge >= 0.3 is 0 Å². The van der Waals surface area contributed by atoms with E-state index in [1.807, 2.05) is 0 Å². The Kier molecular flexibility index (Phi) is 6.92. The number of methoxy groups -OCH3 is 1. The zero-order valence-corrected chi connectivity index (χ0v) is 18.6. The number of carbonyl (C=O) groups excluding carboxylic acids is 2. The third kappa shape index (κ3) is 4.96. The predicted octanol–water partition coefficient (Wildman–Crippen LogP) is 3.45. The van der Waals surface area contributed by atoms with Gasteiger partial charge in [0.05, 0.1) is 28.9 Å². The normalized spacial score (nSPS) is 11.1. The summed E-state index contributed by atoms with van der Waals surface area (Å²) >= 11 is 0. The van der Waals surface area contributed by atoms with E-state index in [-0.39, 0.29) is 21.7 Å². The van der Waals surface area contributed by atoms with Crippen molar-refractivity contribution in [2.45, 2.75) is 4.90 Å². The number of benzene rings is 3. The Hall–Kier alpha value is -3.69. The van der Waals surface area contributed by atoms with Gasteiger partial charge in [-0.15, -0.1) is 0 Å². The van der Waals surface area contributed by atoms with Crippen molar-refractivity contribution >= 4 is 33.2 Å². The molecule has 8 nitrogen and oxygen atoms in total. The average Bonchev–Trinajstić information content (AvgIpc) is 2.79. The fourth-order valence-corrected chi connectivity index (χ4v) is 3.88. The Labute approximate surface area is 186 Å². The number of hydrogen-bond donors (Lipinski definition) is 2. The van der Waals surface area contributed by atoms with E-state index in [1.165, 1.54) is 45.5 Å². The summed E-state index contributed by atoms with van der Waals surface area (Å²) in [5.41, 5.74) is 1.16. The van der Waals surface area contributed by atoms with Crippen LogP contribution in [0.1, 0.15) is 20.7 Å². The van der Waals surface area contributed by atoms with Gasteiger partial charge in [0.2, 0.25) is 10.0 Å². The molecule has 0 radical (unpaired) electrons. The van der Waals surface area contributed by atoms with Crippen molar-refractivity contribution in [1.29, 1.82) is 0 Å². The van der Waals surface area contributed by atoms with Crippen LogP contribution in [0.2, 0.25) is 0 Å². The molecule has 3 aromatic carbocycles. The number of ether oxygens (including phenoxy) is 1. The zero-order valence-electron chi connectivity index (χ0n) is 17.8. The second-order valence-corrected chi connectivity index (χ2v) is 9.12. The Bertz CT molecular complexity index is 1260. The molecule has 2 amide bonds. The molecular weight excluding hydrogens is 430 g/mol. The van der Waals surface area contributed by atoms with Gasteiger partial charge in [-0.25, -0.2) is 12.7 Å². The second-order valence-electron chi connectivity index (χ2n) is 6.97. The summed E-state index contributed by atoms with van der Waals surface area (Å²) in [5.74, 6) is -0.478. The van der Waals surface area contributed by atoms with E-state index in [4.69, 9.17) is 4.74 Å². The van der Waals surface area contributed by atoms with Crippen molar-refractivity contribution in [1.82, 2.24) is 4.31 Å². The van der Waals surface area contributed by atoms with Gasteiger partial charge in [0.15, 0.2) is 0 Å². The molecule has 0 fully saturated rings. The van der Waals surface area contributed by atoms with Crippen molar-refractivity contribution in [3.05, 3.63) is 83.9 Å². The van der Waals surface area contributed by atoms with Gasteiger partial charge in [-0.05, 0) is 42.5 Å². The number of nitrogens with one attached hydrogen (secondary N) is 2. The van der Waals surface area contributed by atoms with Crippen molar-refractivity contribution in [3.63, 3.8) is 0 Å². The number of rotatable bonds is 7. The van der Waals surface area contributed by atoms with E-state index < -0.39 is 21.8 Å². The first kappa shape index (κ1) is 23.0. The zero-order chi connectivity index (χ0) is 23.3. The number of para-hydroxylation sites is 3. The van der Waals surface area contributed by atoms with E-state index in [1.54, 1.807) is 48.5 Å². The summed E-state index contributed by atoms with van der Waals surface area (Å²) < 4.78 is 31.1. The monoisotopic (exact) mass is 453 g/mol. The van der Waals surface area contributed by atoms with Crippen molar-refractivity contribution < 1.29 is 22.7 Å². The number of hydrogen-bond acceptors (Lipinski definition) is 5. The molecule has 0 heterocycles. The van der Waals surface area contributed by atoms with Crippen LogP contribution in [-0.2, 0) is 10.0 Å². The summed E-state index contributed by atoms with van der Waals surface area (Å²) in [6.07, 6.45) is 0. The Morgan fingerprint density at radius 3 is 2.12 bits per heavy atom. The highest BCUT2D eigenvalue weighted by Crippen LogP contribution is 2.25. The Balaban J connectivity index is 1.85. The van der Waals surface area contributed by atoms with Crippen LogP contribution in [0, 0.1) is 0 Å². The molecular formula is C23H23N3O5S. The molecule has 3 aromatic rings. The minimum atomic E-state index is -3.69. The first-order valence-electron chi connectivity index (χ1n) is 9.61. The molecule has 166 valence electrons. The highest BCUT2D eigenvalue weighted by molar-refractivity contribution is 7.89. The van der Waals surface area contributed by atoms with Crippen LogP contribution in [0.3, 0.4) is 0 Å². The molecule has 0 aliphatic rings. The van der Waals surface area contributed by atoms with E-state index >= 15 is 0 Å². The summed E-state index contributed by atoms with van der Waals surface area (Å²) in [4.78, 5) is 25.7. The van der Waals surface area contributed by atoms with Crippen LogP contribution in [0.5, 0.6) is 5.75 Å². The van der Waals surface area contributed by atoms with Crippen molar-refractivity contribution in [3.8, 4) is 5.75 Å². The lowest BCUT2D eigenvalue weighted by Gasteiger charge is -2.14. The summed E-state index contributed by atoms with van der Waals surface area (Å²) in [7, 11) is 0.643. The maximum atomic E-state index is 12.9. The minimum absolute atomic E-state index is 0.00245. The number of sulfonamides is 1. The number of anilines is 2. The highest BCUT2D eigenvalue weighted by Gasteiger charge is 2.20. The quantitative estimate of drug-likeness (QED) is 0.570. The maximum absolute atomic E-state index is 12.9. The van der Waals surface area contributed by atoms with E-state index in [0.29, 0.717) is 11.4 Å². The molecule has 0 aliphatic heterocycles. The summed E-state index contributed by atoms with van der Waals surface area (Å²) in [6, 6.07) is 19.2. The van der Waals surface area contributed by atoms with Gasteiger partial charge in [0, 0.05) is 19.7 Å². The lowest BCUT2D eigenvalue weighted by Crippen LogP contribution is -2.23.